The molecule has 1 N–H and O–H groups in total. The van der Waals surface area contributed by atoms with Crippen molar-refractivity contribution in [3.05, 3.63) is 15.8 Å². The van der Waals surface area contributed by atoms with Crippen LogP contribution in [-0.2, 0) is 0 Å². The van der Waals surface area contributed by atoms with E-state index in [-0.39, 0.29) is 11.7 Å². The molecule has 0 radical (unpaired) electrons. The highest BCUT2D eigenvalue weighted by Crippen LogP contribution is 2.32. The molecule has 0 fully saturated rings. The minimum atomic E-state index is -0.677. The van der Waals surface area contributed by atoms with Crippen LogP contribution in [0.3, 0.4) is 0 Å². The zero-order valence-electron chi connectivity index (χ0n) is 11.3. The summed E-state index contributed by atoms with van der Waals surface area (Å²) in [6.07, 6.45) is 5.40. The second kappa shape index (κ2) is 4.69. The Morgan fingerprint density at radius 1 is 1.56 bits per heavy atom. The van der Waals surface area contributed by atoms with Crippen molar-refractivity contribution in [2.75, 3.05) is 5.32 Å². The molecule has 0 bridgehead atoms. The number of hydrogen-bond acceptors (Lipinski definition) is 4. The van der Waals surface area contributed by atoms with Gasteiger partial charge in [-0.25, -0.2) is 4.68 Å². The first-order valence-corrected chi connectivity index (χ1v) is 5.69. The Balaban J connectivity index is 3.39. The highest BCUT2D eigenvalue weighted by Gasteiger charge is 2.29. The average Bonchev–Trinajstić information content (AvgIpc) is 2.54. The van der Waals surface area contributed by atoms with E-state index in [1.807, 2.05) is 13.8 Å². The van der Waals surface area contributed by atoms with Gasteiger partial charge in [-0.1, -0.05) is 5.92 Å². The van der Waals surface area contributed by atoms with Crippen molar-refractivity contribution in [3.63, 3.8) is 0 Å². The van der Waals surface area contributed by atoms with Crippen molar-refractivity contribution in [2.24, 2.45) is 0 Å². The molecule has 0 aliphatic rings. The zero-order valence-corrected chi connectivity index (χ0v) is 11.3. The lowest BCUT2D eigenvalue weighted by Gasteiger charge is -2.22. The van der Waals surface area contributed by atoms with E-state index in [1.165, 1.54) is 0 Å². The third-order valence-corrected chi connectivity index (χ3v) is 2.52. The standard InChI is InChI=1S/C12H18N4O2/c1-7-12(5,6)13-11-10(16(17)18)9(4)14-15(11)8(2)3/h1,8,13H,2-6H3. The maximum atomic E-state index is 11.1. The van der Waals surface area contributed by atoms with E-state index in [2.05, 4.69) is 16.3 Å². The van der Waals surface area contributed by atoms with Crippen LogP contribution in [0.4, 0.5) is 11.5 Å². The fourth-order valence-corrected chi connectivity index (χ4v) is 1.58. The highest BCUT2D eigenvalue weighted by atomic mass is 16.6. The first-order chi connectivity index (χ1) is 8.19. The summed E-state index contributed by atoms with van der Waals surface area (Å²) in [7, 11) is 0. The number of nitrogens with one attached hydrogen (secondary N) is 1. The number of nitrogens with zero attached hydrogens (tertiary/aromatic N) is 3. The summed E-state index contributed by atoms with van der Waals surface area (Å²) in [5.74, 6) is 2.91. The Bertz CT molecular complexity index is 509. The number of rotatable bonds is 4. The van der Waals surface area contributed by atoms with E-state index >= 15 is 0 Å². The Morgan fingerprint density at radius 3 is 2.50 bits per heavy atom. The van der Waals surface area contributed by atoms with E-state index in [9.17, 15) is 10.1 Å². The van der Waals surface area contributed by atoms with Crippen LogP contribution in [0.2, 0.25) is 0 Å². The summed E-state index contributed by atoms with van der Waals surface area (Å²) in [6.45, 7) is 8.99. The Labute approximate surface area is 107 Å². The molecule has 6 nitrogen and oxygen atoms in total. The van der Waals surface area contributed by atoms with E-state index < -0.39 is 10.5 Å². The second-order valence-corrected chi connectivity index (χ2v) is 4.97. The first kappa shape index (κ1) is 14.0. The van der Waals surface area contributed by atoms with Crippen molar-refractivity contribution < 1.29 is 4.92 Å². The number of aryl methyl sites for hydroxylation is 1. The van der Waals surface area contributed by atoms with Gasteiger partial charge in [0.15, 0.2) is 0 Å². The fraction of sp³-hybridized carbons (Fsp3) is 0.583. The third-order valence-electron chi connectivity index (χ3n) is 2.52. The highest BCUT2D eigenvalue weighted by molar-refractivity contribution is 5.61. The molecule has 1 aromatic heterocycles. The molecular formula is C12H18N4O2. The van der Waals surface area contributed by atoms with Gasteiger partial charge in [0, 0.05) is 6.04 Å². The van der Waals surface area contributed by atoms with E-state index in [1.54, 1.807) is 25.5 Å². The predicted octanol–water partition coefficient (Wildman–Crippen LogP) is 2.50. The molecule has 0 atom stereocenters. The summed E-state index contributed by atoms with van der Waals surface area (Å²) in [5, 5.41) is 18.3. The minimum absolute atomic E-state index is 0.00785. The van der Waals surface area contributed by atoms with Gasteiger partial charge in [-0.05, 0) is 34.6 Å². The van der Waals surface area contributed by atoms with E-state index in [0.717, 1.165) is 0 Å². The predicted molar refractivity (Wildman–Crippen MR) is 70.5 cm³/mol. The number of aromatic nitrogens is 2. The molecule has 6 heteroatoms. The van der Waals surface area contributed by atoms with Gasteiger partial charge in [0.1, 0.15) is 5.69 Å². The van der Waals surface area contributed by atoms with Crippen LogP contribution >= 0.6 is 0 Å². The van der Waals surface area contributed by atoms with Gasteiger partial charge >= 0.3 is 5.69 Å². The van der Waals surface area contributed by atoms with Crippen molar-refractivity contribution in [1.82, 2.24) is 9.78 Å². The van der Waals surface area contributed by atoms with Gasteiger partial charge in [-0.15, -0.1) is 6.42 Å². The molecule has 0 unspecified atom stereocenters. The van der Waals surface area contributed by atoms with Crippen LogP contribution in [0.5, 0.6) is 0 Å². The van der Waals surface area contributed by atoms with Crippen molar-refractivity contribution in [3.8, 4) is 12.3 Å². The van der Waals surface area contributed by atoms with Crippen molar-refractivity contribution >= 4 is 11.5 Å². The fourth-order valence-electron chi connectivity index (χ4n) is 1.58. The van der Waals surface area contributed by atoms with Crippen LogP contribution in [0.15, 0.2) is 0 Å². The van der Waals surface area contributed by atoms with Gasteiger partial charge in [0.2, 0.25) is 5.82 Å². The van der Waals surface area contributed by atoms with Gasteiger partial charge in [-0.2, -0.15) is 5.10 Å². The Morgan fingerprint density at radius 2 is 2.11 bits per heavy atom. The molecule has 1 aromatic rings. The van der Waals surface area contributed by atoms with Crippen molar-refractivity contribution in [1.29, 1.82) is 0 Å². The van der Waals surface area contributed by atoms with Crippen LogP contribution in [0.25, 0.3) is 0 Å². The number of nitro groups is 1. The number of terminal acetylenes is 1. The Kier molecular flexibility index (Phi) is 3.65. The molecule has 0 aromatic carbocycles. The molecule has 1 heterocycles. The summed E-state index contributed by atoms with van der Waals surface area (Å²) >= 11 is 0. The molecular weight excluding hydrogens is 232 g/mol. The third kappa shape index (κ3) is 2.62. The van der Waals surface area contributed by atoms with Crippen LogP contribution in [0, 0.1) is 29.4 Å². The molecule has 1 rings (SSSR count). The molecule has 0 spiro atoms. The summed E-state index contributed by atoms with van der Waals surface area (Å²) < 4.78 is 1.59. The average molecular weight is 250 g/mol. The molecule has 0 aliphatic carbocycles. The van der Waals surface area contributed by atoms with Crippen molar-refractivity contribution in [2.45, 2.75) is 46.2 Å². The molecule has 98 valence electrons. The van der Waals surface area contributed by atoms with E-state index in [4.69, 9.17) is 6.42 Å². The van der Waals surface area contributed by atoms with E-state index in [0.29, 0.717) is 11.5 Å². The van der Waals surface area contributed by atoms with Crippen LogP contribution < -0.4 is 5.32 Å². The van der Waals surface area contributed by atoms with Gasteiger partial charge in [0.05, 0.1) is 10.5 Å². The molecule has 0 aliphatic heterocycles. The normalized spacial score (nSPS) is 11.4. The van der Waals surface area contributed by atoms with Gasteiger partial charge in [-0.3, -0.25) is 10.1 Å². The molecule has 18 heavy (non-hydrogen) atoms. The monoisotopic (exact) mass is 250 g/mol. The molecule has 0 saturated heterocycles. The summed E-state index contributed by atoms with van der Waals surface area (Å²) in [4.78, 5) is 10.7. The number of hydrogen-bond donors (Lipinski definition) is 1. The summed E-state index contributed by atoms with van der Waals surface area (Å²) in [6, 6.07) is 0.00785. The molecule has 0 amide bonds. The lowest BCUT2D eigenvalue weighted by molar-refractivity contribution is -0.384. The van der Waals surface area contributed by atoms with Crippen LogP contribution in [-0.4, -0.2) is 20.2 Å². The maximum absolute atomic E-state index is 11.1. The largest absolute Gasteiger partial charge is 0.349 e. The topological polar surface area (TPSA) is 73.0 Å². The quantitative estimate of drug-likeness (QED) is 0.506. The Hall–Kier alpha value is -2.03. The van der Waals surface area contributed by atoms with Gasteiger partial charge < -0.3 is 5.32 Å². The number of anilines is 1. The molecule has 0 saturated carbocycles. The smallest absolute Gasteiger partial charge is 0.333 e. The van der Waals surface area contributed by atoms with Crippen LogP contribution in [0.1, 0.15) is 39.4 Å². The minimum Gasteiger partial charge on any atom is -0.349 e. The maximum Gasteiger partial charge on any atom is 0.333 e. The lowest BCUT2D eigenvalue weighted by Crippen LogP contribution is -2.30. The first-order valence-electron chi connectivity index (χ1n) is 5.69. The summed E-state index contributed by atoms with van der Waals surface area (Å²) in [5.41, 5.74) is -0.319. The SMILES string of the molecule is C#CC(C)(C)Nc1c([N+](=O)[O-])c(C)nn1C(C)C. The zero-order chi connectivity index (χ0) is 14.1. The van der Waals surface area contributed by atoms with Gasteiger partial charge in [0.25, 0.3) is 0 Å². The second-order valence-electron chi connectivity index (χ2n) is 4.97. The lowest BCUT2D eigenvalue weighted by atomic mass is 10.1.